The first-order chi connectivity index (χ1) is 9.29. The first-order valence-electron chi connectivity index (χ1n) is 6.42. The fraction of sp³-hybridized carbons (Fsp3) is 0.333. The molecule has 19 heavy (non-hydrogen) atoms. The second kappa shape index (κ2) is 7.68. The van der Waals surface area contributed by atoms with Gasteiger partial charge in [-0.05, 0) is 59.1 Å². The van der Waals surface area contributed by atoms with Gasteiger partial charge in [-0.1, -0.05) is 22.9 Å². The van der Waals surface area contributed by atoms with Crippen molar-refractivity contribution in [3.63, 3.8) is 0 Å². The SMILES string of the molecule is CCCNCc1cc(OCc2ccsc2)ccc1Br. The van der Waals surface area contributed by atoms with Crippen LogP contribution < -0.4 is 10.1 Å². The topological polar surface area (TPSA) is 21.3 Å². The van der Waals surface area contributed by atoms with E-state index in [2.05, 4.69) is 51.1 Å². The lowest BCUT2D eigenvalue weighted by atomic mass is 10.2. The quantitative estimate of drug-likeness (QED) is 0.745. The monoisotopic (exact) mass is 339 g/mol. The average molecular weight is 340 g/mol. The molecule has 0 bridgehead atoms. The first kappa shape index (κ1) is 14.6. The van der Waals surface area contributed by atoms with E-state index in [1.165, 1.54) is 11.1 Å². The second-order valence-corrected chi connectivity index (χ2v) is 5.98. The molecule has 102 valence electrons. The van der Waals surface area contributed by atoms with E-state index in [0.29, 0.717) is 6.61 Å². The van der Waals surface area contributed by atoms with Gasteiger partial charge in [0.25, 0.3) is 0 Å². The summed E-state index contributed by atoms with van der Waals surface area (Å²) in [5.41, 5.74) is 2.45. The van der Waals surface area contributed by atoms with Gasteiger partial charge in [-0.25, -0.2) is 0 Å². The van der Waals surface area contributed by atoms with Crippen LogP contribution in [0.4, 0.5) is 0 Å². The van der Waals surface area contributed by atoms with Crippen LogP contribution >= 0.6 is 27.3 Å². The van der Waals surface area contributed by atoms with Crippen LogP contribution in [0.25, 0.3) is 0 Å². The minimum absolute atomic E-state index is 0.632. The van der Waals surface area contributed by atoms with Gasteiger partial charge in [-0.15, -0.1) is 0 Å². The van der Waals surface area contributed by atoms with Crippen LogP contribution in [0.3, 0.4) is 0 Å². The molecule has 2 rings (SSSR count). The molecule has 0 atom stereocenters. The third-order valence-corrected chi connectivity index (χ3v) is 4.25. The number of rotatable bonds is 7. The number of ether oxygens (including phenoxy) is 1. The van der Waals surface area contributed by atoms with Gasteiger partial charge in [0, 0.05) is 11.0 Å². The molecule has 0 saturated carbocycles. The predicted molar refractivity (Wildman–Crippen MR) is 84.8 cm³/mol. The molecule has 0 fully saturated rings. The molecule has 0 aliphatic carbocycles. The molecule has 0 aliphatic rings. The van der Waals surface area contributed by atoms with E-state index in [1.54, 1.807) is 11.3 Å². The number of thiophene rings is 1. The highest BCUT2D eigenvalue weighted by molar-refractivity contribution is 9.10. The molecule has 4 heteroatoms. The Labute approximate surface area is 126 Å². The molecule has 0 spiro atoms. The van der Waals surface area contributed by atoms with Gasteiger partial charge < -0.3 is 10.1 Å². The molecule has 1 N–H and O–H groups in total. The van der Waals surface area contributed by atoms with Crippen LogP contribution in [0, 0.1) is 0 Å². The van der Waals surface area contributed by atoms with E-state index in [-0.39, 0.29) is 0 Å². The van der Waals surface area contributed by atoms with E-state index in [9.17, 15) is 0 Å². The second-order valence-electron chi connectivity index (χ2n) is 4.35. The maximum atomic E-state index is 5.81. The van der Waals surface area contributed by atoms with Crippen LogP contribution in [0.1, 0.15) is 24.5 Å². The molecule has 0 saturated heterocycles. The Morgan fingerprint density at radius 3 is 2.95 bits per heavy atom. The molecule has 0 radical (unpaired) electrons. The number of nitrogens with one attached hydrogen (secondary N) is 1. The maximum absolute atomic E-state index is 5.81. The Morgan fingerprint density at radius 1 is 1.32 bits per heavy atom. The van der Waals surface area contributed by atoms with Crippen molar-refractivity contribution >= 4 is 27.3 Å². The fourth-order valence-electron chi connectivity index (χ4n) is 1.72. The summed E-state index contributed by atoms with van der Waals surface area (Å²) >= 11 is 5.27. The summed E-state index contributed by atoms with van der Waals surface area (Å²) in [4.78, 5) is 0. The van der Waals surface area contributed by atoms with E-state index >= 15 is 0 Å². The van der Waals surface area contributed by atoms with Gasteiger partial charge in [0.2, 0.25) is 0 Å². The molecule has 0 unspecified atom stereocenters. The average Bonchev–Trinajstić information content (AvgIpc) is 2.93. The normalized spacial score (nSPS) is 10.6. The van der Waals surface area contributed by atoms with Crippen molar-refractivity contribution in [2.45, 2.75) is 26.5 Å². The number of halogens is 1. The van der Waals surface area contributed by atoms with Crippen molar-refractivity contribution in [3.05, 3.63) is 50.6 Å². The van der Waals surface area contributed by atoms with Crippen molar-refractivity contribution in [1.29, 1.82) is 0 Å². The van der Waals surface area contributed by atoms with Crippen LogP contribution in [-0.2, 0) is 13.2 Å². The van der Waals surface area contributed by atoms with Gasteiger partial charge in [-0.3, -0.25) is 0 Å². The summed E-state index contributed by atoms with van der Waals surface area (Å²) in [6, 6.07) is 8.23. The summed E-state index contributed by atoms with van der Waals surface area (Å²) in [6.07, 6.45) is 1.14. The van der Waals surface area contributed by atoms with E-state index in [4.69, 9.17) is 4.74 Å². The molecular weight excluding hydrogens is 322 g/mol. The lowest BCUT2D eigenvalue weighted by molar-refractivity contribution is 0.306. The van der Waals surface area contributed by atoms with Crippen molar-refractivity contribution in [3.8, 4) is 5.75 Å². The number of benzene rings is 1. The largest absolute Gasteiger partial charge is 0.489 e. The highest BCUT2D eigenvalue weighted by atomic mass is 79.9. The Bertz CT molecular complexity index is 499. The third-order valence-electron chi connectivity index (χ3n) is 2.75. The Kier molecular flexibility index (Phi) is 5.89. The molecule has 2 aromatic rings. The minimum atomic E-state index is 0.632. The van der Waals surface area contributed by atoms with Crippen LogP contribution in [0.2, 0.25) is 0 Å². The standard InChI is InChI=1S/C15H18BrNOS/c1-2-6-17-9-13-8-14(3-4-15(13)16)18-10-12-5-7-19-11-12/h3-5,7-8,11,17H,2,6,9-10H2,1H3. The summed E-state index contributed by atoms with van der Waals surface area (Å²) in [7, 11) is 0. The molecule has 0 amide bonds. The summed E-state index contributed by atoms with van der Waals surface area (Å²) in [6.45, 7) is 4.70. The van der Waals surface area contributed by atoms with Gasteiger partial charge >= 0.3 is 0 Å². The summed E-state index contributed by atoms with van der Waals surface area (Å²) in [5.74, 6) is 0.919. The molecular formula is C15H18BrNOS. The minimum Gasteiger partial charge on any atom is -0.489 e. The molecule has 1 aromatic carbocycles. The highest BCUT2D eigenvalue weighted by Crippen LogP contribution is 2.23. The predicted octanol–water partition coefficient (Wildman–Crippen LogP) is 4.59. The third kappa shape index (κ3) is 4.64. The van der Waals surface area contributed by atoms with Crippen LogP contribution in [0.15, 0.2) is 39.5 Å². The Morgan fingerprint density at radius 2 is 2.21 bits per heavy atom. The van der Waals surface area contributed by atoms with Gasteiger partial charge in [0.1, 0.15) is 12.4 Å². The molecule has 2 nitrogen and oxygen atoms in total. The van der Waals surface area contributed by atoms with Gasteiger partial charge in [-0.2, -0.15) is 11.3 Å². The molecule has 1 aromatic heterocycles. The van der Waals surface area contributed by atoms with Crippen LogP contribution in [-0.4, -0.2) is 6.54 Å². The van der Waals surface area contributed by atoms with E-state index in [0.717, 1.165) is 29.7 Å². The first-order valence-corrected chi connectivity index (χ1v) is 8.16. The lowest BCUT2D eigenvalue weighted by Crippen LogP contribution is -2.14. The van der Waals surface area contributed by atoms with Crippen LogP contribution in [0.5, 0.6) is 5.75 Å². The molecule has 0 aliphatic heterocycles. The Balaban J connectivity index is 1.95. The zero-order valence-corrected chi connectivity index (χ0v) is 13.4. The number of hydrogen-bond donors (Lipinski definition) is 1. The summed E-state index contributed by atoms with van der Waals surface area (Å²) < 4.78 is 6.93. The van der Waals surface area contributed by atoms with Crippen molar-refractivity contribution in [1.82, 2.24) is 5.32 Å². The van der Waals surface area contributed by atoms with E-state index in [1.807, 2.05) is 12.1 Å². The lowest BCUT2D eigenvalue weighted by Gasteiger charge is -2.10. The van der Waals surface area contributed by atoms with E-state index < -0.39 is 0 Å². The van der Waals surface area contributed by atoms with Crippen molar-refractivity contribution in [2.75, 3.05) is 6.54 Å². The zero-order chi connectivity index (χ0) is 13.5. The number of hydrogen-bond acceptors (Lipinski definition) is 3. The summed E-state index contributed by atoms with van der Waals surface area (Å²) in [5, 5.41) is 7.59. The molecule has 1 heterocycles. The van der Waals surface area contributed by atoms with Crippen molar-refractivity contribution < 1.29 is 4.74 Å². The maximum Gasteiger partial charge on any atom is 0.120 e. The van der Waals surface area contributed by atoms with Gasteiger partial charge in [0.05, 0.1) is 0 Å². The Hall–Kier alpha value is -0.840. The smallest absolute Gasteiger partial charge is 0.120 e. The zero-order valence-electron chi connectivity index (χ0n) is 11.0. The highest BCUT2D eigenvalue weighted by Gasteiger charge is 2.03. The van der Waals surface area contributed by atoms with Gasteiger partial charge in [0.15, 0.2) is 0 Å². The fourth-order valence-corrected chi connectivity index (χ4v) is 2.76. The van der Waals surface area contributed by atoms with Crippen molar-refractivity contribution in [2.24, 2.45) is 0 Å².